The molecule has 3 aliphatic carbocycles. The molecule has 0 aromatic carbocycles. The summed E-state index contributed by atoms with van der Waals surface area (Å²) in [5.41, 5.74) is -0.163. The van der Waals surface area contributed by atoms with Gasteiger partial charge in [-0.1, -0.05) is 12.8 Å². The van der Waals surface area contributed by atoms with Crippen molar-refractivity contribution in [2.75, 3.05) is 19.8 Å². The van der Waals surface area contributed by atoms with E-state index < -0.39 is 0 Å². The van der Waals surface area contributed by atoms with E-state index in [0.29, 0.717) is 18.4 Å². The molecule has 1 heterocycles. The van der Waals surface area contributed by atoms with Crippen molar-refractivity contribution in [1.29, 1.82) is 0 Å². The Kier molecular flexibility index (Phi) is 3.26. The molecule has 4 aliphatic rings. The van der Waals surface area contributed by atoms with Crippen LogP contribution in [0.5, 0.6) is 0 Å². The minimum Gasteiger partial charge on any atom is -0.379 e. The maximum absolute atomic E-state index is 12.6. The molecule has 4 rings (SSSR count). The zero-order valence-electron chi connectivity index (χ0n) is 12.3. The van der Waals surface area contributed by atoms with Gasteiger partial charge in [-0.25, -0.2) is 0 Å². The van der Waals surface area contributed by atoms with Crippen LogP contribution in [-0.2, 0) is 9.53 Å². The molecule has 4 nitrogen and oxygen atoms in total. The minimum atomic E-state index is -0.163. The number of nitrogens with zero attached hydrogens (tertiary/aromatic N) is 1. The Morgan fingerprint density at radius 3 is 2.60 bits per heavy atom. The van der Waals surface area contributed by atoms with Gasteiger partial charge in [-0.15, -0.1) is 0 Å². The van der Waals surface area contributed by atoms with Gasteiger partial charge in [-0.3, -0.25) is 10.1 Å². The summed E-state index contributed by atoms with van der Waals surface area (Å²) in [6, 6.07) is 0. The predicted molar refractivity (Wildman–Crippen MR) is 76.1 cm³/mol. The minimum absolute atomic E-state index is 0.163. The summed E-state index contributed by atoms with van der Waals surface area (Å²) in [7, 11) is 0. The van der Waals surface area contributed by atoms with Crippen molar-refractivity contribution in [1.82, 2.24) is 10.2 Å². The highest BCUT2D eigenvalue weighted by molar-refractivity contribution is 5.91. The molecule has 0 aromatic rings. The fraction of sp³-hybridized carbons (Fsp3) is 0.938. The summed E-state index contributed by atoms with van der Waals surface area (Å²) in [6.07, 6.45) is 10.2. The van der Waals surface area contributed by atoms with E-state index in [2.05, 4.69) is 10.2 Å². The van der Waals surface area contributed by atoms with Crippen molar-refractivity contribution in [3.05, 3.63) is 0 Å². The van der Waals surface area contributed by atoms with E-state index in [1.165, 1.54) is 38.5 Å². The molecule has 4 heteroatoms. The molecule has 4 fully saturated rings. The molecule has 1 atom stereocenters. The molecule has 1 unspecified atom stereocenters. The van der Waals surface area contributed by atoms with Crippen molar-refractivity contribution in [3.8, 4) is 0 Å². The van der Waals surface area contributed by atoms with Gasteiger partial charge in [0.05, 0.1) is 18.3 Å². The third kappa shape index (κ3) is 2.37. The van der Waals surface area contributed by atoms with E-state index in [0.717, 1.165) is 31.9 Å². The van der Waals surface area contributed by atoms with Crippen molar-refractivity contribution in [3.63, 3.8) is 0 Å². The number of hydrogen-bond acceptors (Lipinski definition) is 3. The summed E-state index contributed by atoms with van der Waals surface area (Å²) in [4.78, 5) is 14.7. The molecule has 0 radical (unpaired) electrons. The van der Waals surface area contributed by atoms with Crippen molar-refractivity contribution in [2.45, 2.75) is 63.1 Å². The normalized spacial score (nSPS) is 32.5. The standard InChI is InChI=1S/C16H26N2O2/c19-15-16(7-8-16)17-14(13-3-1-2-4-13)18(15)9-10-20-11-12-5-6-12/h12-14,17H,1-11H2. The van der Waals surface area contributed by atoms with Gasteiger partial charge in [0.1, 0.15) is 0 Å². The second-order valence-electron chi connectivity index (χ2n) is 7.23. The molecule has 112 valence electrons. The summed E-state index contributed by atoms with van der Waals surface area (Å²) in [6.45, 7) is 2.39. The second kappa shape index (κ2) is 4.99. The smallest absolute Gasteiger partial charge is 0.244 e. The first-order valence-electron chi connectivity index (χ1n) is 8.45. The lowest BCUT2D eigenvalue weighted by Gasteiger charge is -2.28. The average molecular weight is 278 g/mol. The fourth-order valence-electron chi connectivity index (χ4n) is 3.89. The van der Waals surface area contributed by atoms with Crippen molar-refractivity contribution >= 4 is 5.91 Å². The number of carbonyl (C=O) groups is 1. The topological polar surface area (TPSA) is 41.6 Å². The summed E-state index contributed by atoms with van der Waals surface area (Å²) in [5.74, 6) is 1.83. The van der Waals surface area contributed by atoms with Crippen LogP contribution >= 0.6 is 0 Å². The van der Waals surface area contributed by atoms with Gasteiger partial charge in [-0.2, -0.15) is 0 Å². The van der Waals surface area contributed by atoms with Crippen LogP contribution in [0, 0.1) is 11.8 Å². The Bertz CT molecular complexity index is 384. The first-order chi connectivity index (χ1) is 9.78. The maximum atomic E-state index is 12.6. The van der Waals surface area contributed by atoms with Gasteiger partial charge in [-0.05, 0) is 50.4 Å². The summed E-state index contributed by atoms with van der Waals surface area (Å²) < 4.78 is 5.75. The molecule has 0 aromatic heterocycles. The molecular weight excluding hydrogens is 252 g/mol. The lowest BCUT2D eigenvalue weighted by molar-refractivity contribution is -0.132. The van der Waals surface area contributed by atoms with Gasteiger partial charge in [0, 0.05) is 13.2 Å². The zero-order chi connectivity index (χ0) is 13.6. The zero-order valence-corrected chi connectivity index (χ0v) is 12.3. The number of carbonyl (C=O) groups excluding carboxylic acids is 1. The molecule has 20 heavy (non-hydrogen) atoms. The van der Waals surface area contributed by atoms with Crippen LogP contribution in [0.4, 0.5) is 0 Å². The lowest BCUT2D eigenvalue weighted by Crippen LogP contribution is -2.44. The first-order valence-corrected chi connectivity index (χ1v) is 8.45. The van der Waals surface area contributed by atoms with E-state index in [-0.39, 0.29) is 11.7 Å². The lowest BCUT2D eigenvalue weighted by atomic mass is 10.0. The molecule has 0 bridgehead atoms. The van der Waals surface area contributed by atoms with E-state index in [1.807, 2.05) is 0 Å². The summed E-state index contributed by atoms with van der Waals surface area (Å²) in [5, 5.41) is 3.67. The van der Waals surface area contributed by atoms with Crippen LogP contribution in [-0.4, -0.2) is 42.3 Å². The fourth-order valence-corrected chi connectivity index (χ4v) is 3.89. The van der Waals surface area contributed by atoms with Crippen molar-refractivity contribution in [2.24, 2.45) is 11.8 Å². The van der Waals surface area contributed by atoms with Crippen LogP contribution in [0.15, 0.2) is 0 Å². The molecule has 1 saturated heterocycles. The highest BCUT2D eigenvalue weighted by atomic mass is 16.5. The SMILES string of the molecule is O=C1N(CCOCC2CC2)C(C2CCCC2)NC12CC2. The van der Waals surface area contributed by atoms with Crippen LogP contribution in [0.3, 0.4) is 0 Å². The molecule has 1 spiro atoms. The van der Waals surface area contributed by atoms with E-state index in [1.54, 1.807) is 0 Å². The summed E-state index contributed by atoms with van der Waals surface area (Å²) >= 11 is 0. The van der Waals surface area contributed by atoms with E-state index in [4.69, 9.17) is 4.74 Å². The quantitative estimate of drug-likeness (QED) is 0.754. The monoisotopic (exact) mass is 278 g/mol. The largest absolute Gasteiger partial charge is 0.379 e. The molecule has 1 N–H and O–H groups in total. The van der Waals surface area contributed by atoms with Crippen LogP contribution in [0.25, 0.3) is 0 Å². The third-order valence-electron chi connectivity index (χ3n) is 5.55. The Balaban J connectivity index is 1.36. The van der Waals surface area contributed by atoms with Crippen LogP contribution in [0.1, 0.15) is 51.4 Å². The third-order valence-corrected chi connectivity index (χ3v) is 5.55. The predicted octanol–water partition coefficient (Wildman–Crippen LogP) is 1.89. The average Bonchev–Trinajstić information content (AvgIpc) is 3.35. The molecule has 3 saturated carbocycles. The van der Waals surface area contributed by atoms with Gasteiger partial charge in [0.25, 0.3) is 0 Å². The highest BCUT2D eigenvalue weighted by Gasteiger charge is 2.60. The van der Waals surface area contributed by atoms with Crippen LogP contribution in [0.2, 0.25) is 0 Å². The Morgan fingerprint density at radius 1 is 1.20 bits per heavy atom. The van der Waals surface area contributed by atoms with E-state index >= 15 is 0 Å². The van der Waals surface area contributed by atoms with Crippen molar-refractivity contribution < 1.29 is 9.53 Å². The number of ether oxygens (including phenoxy) is 1. The number of nitrogens with one attached hydrogen (secondary N) is 1. The molecule has 1 amide bonds. The Morgan fingerprint density at radius 2 is 1.95 bits per heavy atom. The first kappa shape index (κ1) is 13.1. The van der Waals surface area contributed by atoms with Gasteiger partial charge < -0.3 is 9.64 Å². The van der Waals surface area contributed by atoms with E-state index in [9.17, 15) is 4.79 Å². The van der Waals surface area contributed by atoms with Gasteiger partial charge >= 0.3 is 0 Å². The molecule has 1 aliphatic heterocycles. The van der Waals surface area contributed by atoms with Gasteiger partial charge in [0.2, 0.25) is 5.91 Å². The number of rotatable bonds is 6. The molecular formula is C16H26N2O2. The van der Waals surface area contributed by atoms with Crippen LogP contribution < -0.4 is 5.32 Å². The number of hydrogen-bond donors (Lipinski definition) is 1. The highest BCUT2D eigenvalue weighted by Crippen LogP contribution is 2.45. The number of amides is 1. The van der Waals surface area contributed by atoms with Gasteiger partial charge in [0.15, 0.2) is 0 Å². The Hall–Kier alpha value is -0.610. The maximum Gasteiger partial charge on any atom is 0.244 e. The second-order valence-corrected chi connectivity index (χ2v) is 7.23. The Labute approximate surface area is 121 Å².